The number of para-hydroxylation sites is 1. The first-order valence-corrected chi connectivity index (χ1v) is 9.18. The number of anilines is 1. The largest absolute Gasteiger partial charge is 0.447 e. The van der Waals surface area contributed by atoms with E-state index in [0.717, 1.165) is 11.3 Å². The van der Waals surface area contributed by atoms with Crippen LogP contribution in [-0.4, -0.2) is 36.2 Å². The molecule has 7 heteroatoms. The summed E-state index contributed by atoms with van der Waals surface area (Å²) in [6, 6.07) is 16.5. The second-order valence-electron chi connectivity index (χ2n) is 6.60. The molecule has 0 unspecified atom stereocenters. The van der Waals surface area contributed by atoms with Crippen LogP contribution >= 0.6 is 11.6 Å². The summed E-state index contributed by atoms with van der Waals surface area (Å²) in [6.07, 6.45) is -1.01. The van der Waals surface area contributed by atoms with Crippen molar-refractivity contribution < 1.29 is 19.2 Å². The number of ether oxygens (including phenoxy) is 1. The zero-order valence-electron chi connectivity index (χ0n) is 14.7. The molecule has 27 heavy (non-hydrogen) atoms. The summed E-state index contributed by atoms with van der Waals surface area (Å²) in [5, 5.41) is 2.36. The highest BCUT2D eigenvalue weighted by molar-refractivity contribution is 6.30. The summed E-state index contributed by atoms with van der Waals surface area (Å²) < 4.78 is 4.94. The number of imide groups is 1. The fourth-order valence-electron chi connectivity index (χ4n) is 3.62. The standard InChI is InChI=1S/C20H19ClN2O4/c1-13-17(19(24)22-11-12-26-20(22)25)18(14-7-9-15(21)10-8-14)23(27-13)16-5-3-2-4-6-16/h2-10,13,17-18H,11-12H2,1H3/t13-,17-,18+/m0/s1. The van der Waals surface area contributed by atoms with E-state index in [1.54, 1.807) is 17.2 Å². The van der Waals surface area contributed by atoms with Gasteiger partial charge in [0.25, 0.3) is 0 Å². The molecule has 3 atom stereocenters. The van der Waals surface area contributed by atoms with Crippen LogP contribution in [0.1, 0.15) is 18.5 Å². The molecule has 2 saturated heterocycles. The molecule has 0 spiro atoms. The molecule has 2 heterocycles. The summed E-state index contributed by atoms with van der Waals surface area (Å²) in [5.41, 5.74) is 1.72. The Morgan fingerprint density at radius 2 is 1.81 bits per heavy atom. The molecule has 4 rings (SSSR count). The number of nitrogens with zero attached hydrogens (tertiary/aromatic N) is 2. The lowest BCUT2D eigenvalue weighted by Crippen LogP contribution is -2.41. The van der Waals surface area contributed by atoms with E-state index < -0.39 is 18.1 Å². The second-order valence-corrected chi connectivity index (χ2v) is 7.03. The van der Waals surface area contributed by atoms with Crippen molar-refractivity contribution in [3.8, 4) is 0 Å². The molecule has 2 amide bonds. The summed E-state index contributed by atoms with van der Waals surface area (Å²) in [7, 11) is 0. The second kappa shape index (κ2) is 7.21. The van der Waals surface area contributed by atoms with Gasteiger partial charge in [-0.2, -0.15) is 0 Å². The predicted molar refractivity (Wildman–Crippen MR) is 100 cm³/mol. The molecule has 140 valence electrons. The van der Waals surface area contributed by atoms with E-state index in [4.69, 9.17) is 21.2 Å². The first-order valence-electron chi connectivity index (χ1n) is 8.81. The third-order valence-corrected chi connectivity index (χ3v) is 5.16. The Kier molecular flexibility index (Phi) is 4.76. The molecule has 2 aromatic rings. The molecule has 0 bridgehead atoms. The number of amides is 2. The summed E-state index contributed by atoms with van der Waals surface area (Å²) in [5.74, 6) is -0.847. The zero-order chi connectivity index (χ0) is 19.0. The summed E-state index contributed by atoms with van der Waals surface area (Å²) in [6.45, 7) is 2.33. The van der Waals surface area contributed by atoms with Crippen molar-refractivity contribution in [2.75, 3.05) is 18.2 Å². The van der Waals surface area contributed by atoms with Crippen molar-refractivity contribution in [2.45, 2.75) is 19.1 Å². The molecule has 2 aliphatic heterocycles. The minimum absolute atomic E-state index is 0.223. The Balaban J connectivity index is 1.75. The van der Waals surface area contributed by atoms with Crippen molar-refractivity contribution in [1.29, 1.82) is 0 Å². The molecule has 0 N–H and O–H groups in total. The highest BCUT2D eigenvalue weighted by Gasteiger charge is 2.49. The number of carbonyl (C=O) groups excluding carboxylic acids is 2. The first-order chi connectivity index (χ1) is 13.1. The van der Waals surface area contributed by atoms with E-state index in [1.807, 2.05) is 49.4 Å². The van der Waals surface area contributed by atoms with Crippen LogP contribution in [0.5, 0.6) is 0 Å². The molecule has 0 saturated carbocycles. The van der Waals surface area contributed by atoms with Crippen LogP contribution in [0.3, 0.4) is 0 Å². The van der Waals surface area contributed by atoms with Crippen LogP contribution in [0.4, 0.5) is 10.5 Å². The molecule has 0 radical (unpaired) electrons. The first kappa shape index (κ1) is 17.8. The molecule has 6 nitrogen and oxygen atoms in total. The van der Waals surface area contributed by atoms with Crippen LogP contribution in [0.2, 0.25) is 5.02 Å². The average molecular weight is 387 g/mol. The minimum Gasteiger partial charge on any atom is -0.447 e. The van der Waals surface area contributed by atoms with Gasteiger partial charge in [-0.05, 0) is 36.8 Å². The van der Waals surface area contributed by atoms with Gasteiger partial charge in [0.15, 0.2) is 0 Å². The quantitative estimate of drug-likeness (QED) is 0.802. The Labute approximate surface area is 162 Å². The zero-order valence-corrected chi connectivity index (χ0v) is 15.5. The maximum atomic E-state index is 13.2. The third kappa shape index (κ3) is 3.26. The molecule has 2 fully saturated rings. The number of carbonyl (C=O) groups is 2. The third-order valence-electron chi connectivity index (χ3n) is 4.91. The van der Waals surface area contributed by atoms with Crippen molar-refractivity contribution in [3.63, 3.8) is 0 Å². The Morgan fingerprint density at radius 1 is 1.11 bits per heavy atom. The molecule has 2 aliphatic rings. The summed E-state index contributed by atoms with van der Waals surface area (Å²) in [4.78, 5) is 32.4. The van der Waals surface area contributed by atoms with E-state index in [1.165, 1.54) is 4.90 Å². The van der Waals surface area contributed by atoms with E-state index in [-0.39, 0.29) is 25.1 Å². The van der Waals surface area contributed by atoms with Crippen molar-refractivity contribution in [3.05, 3.63) is 65.2 Å². The van der Waals surface area contributed by atoms with E-state index in [2.05, 4.69) is 0 Å². The molecule has 0 aromatic heterocycles. The van der Waals surface area contributed by atoms with Crippen LogP contribution in [-0.2, 0) is 14.4 Å². The fraction of sp³-hybridized carbons (Fsp3) is 0.300. The molecule has 2 aromatic carbocycles. The Morgan fingerprint density at radius 3 is 2.44 bits per heavy atom. The number of hydrogen-bond donors (Lipinski definition) is 0. The van der Waals surface area contributed by atoms with Gasteiger partial charge in [-0.1, -0.05) is 41.9 Å². The predicted octanol–water partition coefficient (Wildman–Crippen LogP) is 3.82. The van der Waals surface area contributed by atoms with Crippen LogP contribution in [0.25, 0.3) is 0 Å². The topological polar surface area (TPSA) is 59.1 Å². The minimum atomic E-state index is -0.597. The lowest BCUT2D eigenvalue weighted by Gasteiger charge is -2.28. The van der Waals surface area contributed by atoms with Gasteiger partial charge in [-0.25, -0.2) is 14.8 Å². The Bertz CT molecular complexity index is 843. The SMILES string of the molecule is C[C@@H]1ON(c2ccccc2)[C@H](c2ccc(Cl)cc2)[C@H]1C(=O)N1CCOC1=O. The van der Waals surface area contributed by atoms with Gasteiger partial charge in [0.05, 0.1) is 30.3 Å². The highest BCUT2D eigenvalue weighted by atomic mass is 35.5. The van der Waals surface area contributed by atoms with Crippen LogP contribution in [0.15, 0.2) is 54.6 Å². The molecule has 0 aliphatic carbocycles. The average Bonchev–Trinajstić information content (AvgIpc) is 3.26. The lowest BCUT2D eigenvalue weighted by molar-refractivity contribution is -0.133. The molecular formula is C20H19ClN2O4. The fourth-order valence-corrected chi connectivity index (χ4v) is 3.75. The number of hydrogen-bond acceptors (Lipinski definition) is 5. The van der Waals surface area contributed by atoms with E-state index in [9.17, 15) is 9.59 Å². The van der Waals surface area contributed by atoms with Gasteiger partial charge < -0.3 is 4.74 Å². The Hall–Kier alpha value is -2.57. The molecular weight excluding hydrogens is 368 g/mol. The maximum absolute atomic E-state index is 13.2. The lowest BCUT2D eigenvalue weighted by atomic mass is 9.88. The van der Waals surface area contributed by atoms with E-state index in [0.29, 0.717) is 5.02 Å². The maximum Gasteiger partial charge on any atom is 0.416 e. The van der Waals surface area contributed by atoms with Gasteiger partial charge in [0.1, 0.15) is 6.61 Å². The number of rotatable bonds is 3. The van der Waals surface area contributed by atoms with E-state index >= 15 is 0 Å². The van der Waals surface area contributed by atoms with Gasteiger partial charge >= 0.3 is 6.09 Å². The highest BCUT2D eigenvalue weighted by Crippen LogP contribution is 2.43. The number of cyclic esters (lactones) is 1. The van der Waals surface area contributed by atoms with Gasteiger partial charge in [0, 0.05) is 5.02 Å². The number of hydroxylamine groups is 1. The van der Waals surface area contributed by atoms with Crippen molar-refractivity contribution >= 4 is 29.3 Å². The van der Waals surface area contributed by atoms with Crippen molar-refractivity contribution in [2.24, 2.45) is 5.92 Å². The normalized spacial score (nSPS) is 25.0. The monoisotopic (exact) mass is 386 g/mol. The van der Waals surface area contributed by atoms with Gasteiger partial charge in [-0.15, -0.1) is 0 Å². The van der Waals surface area contributed by atoms with Gasteiger partial charge in [0.2, 0.25) is 5.91 Å². The van der Waals surface area contributed by atoms with Crippen molar-refractivity contribution in [1.82, 2.24) is 4.90 Å². The van der Waals surface area contributed by atoms with Gasteiger partial charge in [-0.3, -0.25) is 9.63 Å². The summed E-state index contributed by atoms with van der Waals surface area (Å²) >= 11 is 6.04. The smallest absolute Gasteiger partial charge is 0.416 e. The van der Waals surface area contributed by atoms with Crippen LogP contribution in [0, 0.1) is 5.92 Å². The number of benzene rings is 2. The number of halogens is 1. The van der Waals surface area contributed by atoms with Crippen LogP contribution < -0.4 is 5.06 Å².